The summed E-state index contributed by atoms with van der Waals surface area (Å²) in [6.07, 6.45) is 3.73. The van der Waals surface area contributed by atoms with Crippen LogP contribution in [0.1, 0.15) is 70.1 Å². The summed E-state index contributed by atoms with van der Waals surface area (Å²) in [6, 6.07) is 20.7. The zero-order valence-electron chi connectivity index (χ0n) is 22.5. The Morgan fingerprint density at radius 2 is 1.63 bits per heavy atom. The first-order chi connectivity index (χ1) is 18.5. The zero-order chi connectivity index (χ0) is 27.3. The fourth-order valence-electron chi connectivity index (χ4n) is 4.84. The average Bonchev–Trinajstić information content (AvgIpc) is 2.94. The number of nitrogens with one attached hydrogen (secondary N) is 1. The number of aromatic nitrogens is 1. The molecule has 2 amide bonds. The van der Waals surface area contributed by atoms with Gasteiger partial charge in [-0.1, -0.05) is 56.3 Å². The first-order valence-electron chi connectivity index (χ1n) is 13.5. The van der Waals surface area contributed by atoms with Crippen molar-refractivity contribution in [2.45, 2.75) is 51.6 Å². The third-order valence-electron chi connectivity index (χ3n) is 6.65. The topological polar surface area (TPSA) is 109 Å². The summed E-state index contributed by atoms with van der Waals surface area (Å²) >= 11 is 0. The second-order valence-corrected chi connectivity index (χ2v) is 9.56. The third-order valence-corrected chi connectivity index (χ3v) is 6.65. The first-order valence-corrected chi connectivity index (χ1v) is 13.5. The Balaban J connectivity index is 1.96. The molecule has 0 aliphatic heterocycles. The van der Waals surface area contributed by atoms with Crippen LogP contribution in [0.4, 0.5) is 0 Å². The minimum absolute atomic E-state index is 0.139. The standard InChI is InChI=1S/C31H40N4O3/c1-3-19-35(20-4-2)31(38)26-15-10-14-25(30(32)37)29(26)27(21-23-11-6-5-7-12-23)28(36)22-33-18-16-24-13-8-9-17-34-24/h5-15,17,27-28,33,36H,3-4,16,18-22H2,1-2H3,(H2,32,37)/t27-,28+/m1/s1. The maximum atomic E-state index is 13.8. The lowest BCUT2D eigenvalue weighted by molar-refractivity contribution is 0.0751. The first kappa shape index (κ1) is 29.0. The quantitative estimate of drug-likeness (QED) is 0.265. The molecule has 0 bridgehead atoms. The van der Waals surface area contributed by atoms with Gasteiger partial charge in [0.2, 0.25) is 5.91 Å². The number of amides is 2. The van der Waals surface area contributed by atoms with E-state index >= 15 is 0 Å². The second kappa shape index (κ2) is 15.0. The molecule has 0 radical (unpaired) electrons. The van der Waals surface area contributed by atoms with Crippen LogP contribution in [0.25, 0.3) is 0 Å². The summed E-state index contributed by atoms with van der Waals surface area (Å²) in [5, 5.41) is 14.9. The van der Waals surface area contributed by atoms with Crippen molar-refractivity contribution in [2.75, 3.05) is 26.2 Å². The molecule has 1 aromatic heterocycles. The van der Waals surface area contributed by atoms with Gasteiger partial charge in [0.05, 0.1) is 6.10 Å². The van der Waals surface area contributed by atoms with Crippen molar-refractivity contribution in [2.24, 2.45) is 5.73 Å². The van der Waals surface area contributed by atoms with Crippen molar-refractivity contribution in [1.82, 2.24) is 15.2 Å². The fourth-order valence-corrected chi connectivity index (χ4v) is 4.84. The van der Waals surface area contributed by atoms with Crippen molar-refractivity contribution >= 4 is 11.8 Å². The Morgan fingerprint density at radius 3 is 2.26 bits per heavy atom. The molecule has 3 aromatic rings. The summed E-state index contributed by atoms with van der Waals surface area (Å²) in [5.41, 5.74) is 9.02. The number of benzene rings is 2. The predicted molar refractivity (Wildman–Crippen MR) is 151 cm³/mol. The van der Waals surface area contributed by atoms with Gasteiger partial charge in [-0.05, 0) is 54.7 Å². The van der Waals surface area contributed by atoms with E-state index in [2.05, 4.69) is 10.3 Å². The van der Waals surface area contributed by atoms with Crippen LogP contribution >= 0.6 is 0 Å². The highest BCUT2D eigenvalue weighted by molar-refractivity contribution is 6.02. The molecule has 2 atom stereocenters. The highest BCUT2D eigenvalue weighted by Crippen LogP contribution is 2.32. The van der Waals surface area contributed by atoms with Crippen LogP contribution in [0.5, 0.6) is 0 Å². The predicted octanol–water partition coefficient (Wildman–Crippen LogP) is 3.96. The summed E-state index contributed by atoms with van der Waals surface area (Å²) < 4.78 is 0. The van der Waals surface area contributed by atoms with E-state index in [0.717, 1.165) is 30.5 Å². The van der Waals surface area contributed by atoms with Crippen molar-refractivity contribution in [1.29, 1.82) is 0 Å². The number of nitrogens with zero attached hydrogens (tertiary/aromatic N) is 2. The van der Waals surface area contributed by atoms with E-state index in [1.807, 2.05) is 67.3 Å². The Morgan fingerprint density at radius 1 is 0.947 bits per heavy atom. The van der Waals surface area contributed by atoms with E-state index in [1.165, 1.54) is 0 Å². The summed E-state index contributed by atoms with van der Waals surface area (Å²) in [7, 11) is 0. The fraction of sp³-hybridized carbons (Fsp3) is 0.387. The largest absolute Gasteiger partial charge is 0.391 e. The van der Waals surface area contributed by atoms with Crippen LogP contribution in [-0.4, -0.2) is 59.1 Å². The van der Waals surface area contributed by atoms with Gasteiger partial charge < -0.3 is 21.1 Å². The average molecular weight is 517 g/mol. The van der Waals surface area contributed by atoms with E-state index in [0.29, 0.717) is 43.7 Å². The van der Waals surface area contributed by atoms with Gasteiger partial charge in [-0.15, -0.1) is 0 Å². The number of aliphatic hydroxyl groups is 1. The van der Waals surface area contributed by atoms with Crippen LogP contribution in [-0.2, 0) is 12.8 Å². The van der Waals surface area contributed by atoms with Gasteiger partial charge in [-0.2, -0.15) is 0 Å². The number of pyridine rings is 1. The van der Waals surface area contributed by atoms with Crippen LogP contribution in [0.15, 0.2) is 72.9 Å². The lowest BCUT2D eigenvalue weighted by atomic mass is 9.81. The smallest absolute Gasteiger partial charge is 0.254 e. The molecular weight excluding hydrogens is 476 g/mol. The van der Waals surface area contributed by atoms with Crippen molar-refractivity contribution < 1.29 is 14.7 Å². The van der Waals surface area contributed by atoms with Crippen molar-refractivity contribution in [3.05, 3.63) is 101 Å². The zero-order valence-corrected chi connectivity index (χ0v) is 22.5. The van der Waals surface area contributed by atoms with Crippen molar-refractivity contribution in [3.63, 3.8) is 0 Å². The number of rotatable bonds is 15. The summed E-state index contributed by atoms with van der Waals surface area (Å²) in [4.78, 5) is 32.6. The van der Waals surface area contributed by atoms with Gasteiger partial charge in [0.25, 0.3) is 5.91 Å². The van der Waals surface area contributed by atoms with E-state index in [9.17, 15) is 14.7 Å². The molecule has 4 N–H and O–H groups in total. The van der Waals surface area contributed by atoms with Crippen LogP contribution in [0.3, 0.4) is 0 Å². The summed E-state index contributed by atoms with van der Waals surface area (Å²) in [6.45, 7) is 6.24. The minimum Gasteiger partial charge on any atom is -0.391 e. The Bertz CT molecular complexity index is 1150. The third kappa shape index (κ3) is 7.97. The number of carbonyl (C=O) groups excluding carboxylic acids is 2. The molecule has 1 heterocycles. The highest BCUT2D eigenvalue weighted by Gasteiger charge is 2.31. The Kier molecular flexibility index (Phi) is 11.5. The molecule has 7 nitrogen and oxygen atoms in total. The molecule has 0 fully saturated rings. The number of hydrogen-bond donors (Lipinski definition) is 3. The SMILES string of the molecule is CCCN(CCC)C(=O)c1cccc(C(N)=O)c1[C@H](Cc1ccccc1)[C@@H](O)CNCCc1ccccn1. The molecular formula is C31H40N4O3. The molecule has 0 spiro atoms. The lowest BCUT2D eigenvalue weighted by Gasteiger charge is -2.29. The molecule has 3 rings (SSSR count). The molecule has 0 saturated carbocycles. The maximum absolute atomic E-state index is 13.8. The monoisotopic (exact) mass is 516 g/mol. The van der Waals surface area contributed by atoms with Gasteiger partial charge in [0.15, 0.2) is 0 Å². The molecule has 7 heteroatoms. The molecule has 202 valence electrons. The van der Waals surface area contributed by atoms with Gasteiger partial charge in [-0.25, -0.2) is 0 Å². The summed E-state index contributed by atoms with van der Waals surface area (Å²) in [5.74, 6) is -1.27. The maximum Gasteiger partial charge on any atom is 0.254 e. The van der Waals surface area contributed by atoms with E-state index in [1.54, 1.807) is 24.4 Å². The molecule has 0 aliphatic rings. The Hall–Kier alpha value is -3.55. The van der Waals surface area contributed by atoms with Gasteiger partial charge >= 0.3 is 0 Å². The van der Waals surface area contributed by atoms with Crippen LogP contribution in [0, 0.1) is 0 Å². The number of primary amides is 1. The normalized spacial score (nSPS) is 12.6. The van der Waals surface area contributed by atoms with Gasteiger partial charge in [0, 0.05) is 61.5 Å². The minimum atomic E-state index is -0.864. The Labute approximate surface area is 226 Å². The number of aliphatic hydroxyl groups excluding tert-OH is 1. The van der Waals surface area contributed by atoms with Crippen molar-refractivity contribution in [3.8, 4) is 0 Å². The molecule has 2 aromatic carbocycles. The number of hydrogen-bond acceptors (Lipinski definition) is 5. The van der Waals surface area contributed by atoms with E-state index in [-0.39, 0.29) is 11.5 Å². The van der Waals surface area contributed by atoms with Crippen LogP contribution < -0.4 is 11.1 Å². The highest BCUT2D eigenvalue weighted by atomic mass is 16.3. The van der Waals surface area contributed by atoms with Gasteiger partial charge in [-0.3, -0.25) is 14.6 Å². The molecule has 38 heavy (non-hydrogen) atoms. The van der Waals surface area contributed by atoms with E-state index in [4.69, 9.17) is 5.73 Å². The van der Waals surface area contributed by atoms with Gasteiger partial charge in [0.1, 0.15) is 0 Å². The molecule has 0 saturated heterocycles. The second-order valence-electron chi connectivity index (χ2n) is 9.56. The van der Waals surface area contributed by atoms with Crippen LogP contribution in [0.2, 0.25) is 0 Å². The lowest BCUT2D eigenvalue weighted by Crippen LogP contribution is -2.38. The molecule has 0 aliphatic carbocycles. The molecule has 0 unspecified atom stereocenters. The number of nitrogens with two attached hydrogens (primary N) is 1. The van der Waals surface area contributed by atoms with E-state index < -0.39 is 17.9 Å². The number of carbonyl (C=O) groups is 2.